The highest BCUT2D eigenvalue weighted by Crippen LogP contribution is 2.25. The first kappa shape index (κ1) is 16.9. The molecule has 0 heterocycles. The van der Waals surface area contributed by atoms with Crippen molar-refractivity contribution >= 4 is 0 Å². The molecule has 0 amide bonds. The van der Waals surface area contributed by atoms with Crippen LogP contribution in [-0.2, 0) is 9.47 Å². The molecule has 2 N–H and O–H groups in total. The zero-order valence-electron chi connectivity index (χ0n) is 13.2. The summed E-state index contributed by atoms with van der Waals surface area (Å²) in [6.45, 7) is 9.11. The minimum absolute atomic E-state index is 0.133. The predicted octanol–water partition coefficient (Wildman–Crippen LogP) is 2.10. The van der Waals surface area contributed by atoms with Gasteiger partial charge in [0.05, 0.1) is 18.3 Å². The third kappa shape index (κ3) is 6.70. The highest BCUT2D eigenvalue weighted by atomic mass is 16.5. The van der Waals surface area contributed by atoms with Gasteiger partial charge in [-0.3, -0.25) is 0 Å². The molecule has 1 fully saturated rings. The van der Waals surface area contributed by atoms with E-state index in [2.05, 4.69) is 33.0 Å². The Bertz CT molecular complexity index is 266. The van der Waals surface area contributed by atoms with Crippen LogP contribution in [-0.4, -0.2) is 48.7 Å². The average Bonchev–Trinajstić information content (AvgIpc) is 3.12. The third-order valence-electron chi connectivity index (χ3n) is 3.88. The molecule has 2 unspecified atom stereocenters. The van der Waals surface area contributed by atoms with Crippen LogP contribution in [0.5, 0.6) is 0 Å². The van der Waals surface area contributed by atoms with Crippen LogP contribution in [0, 0.1) is 0 Å². The van der Waals surface area contributed by atoms with E-state index in [0.29, 0.717) is 12.6 Å². The van der Waals surface area contributed by atoms with E-state index in [1.807, 2.05) is 0 Å². The fourth-order valence-electron chi connectivity index (χ4n) is 2.19. The maximum atomic E-state index is 9.57. The van der Waals surface area contributed by atoms with Gasteiger partial charge in [-0.05, 0) is 53.4 Å². The average molecular weight is 273 g/mol. The van der Waals surface area contributed by atoms with Gasteiger partial charge in [-0.1, -0.05) is 0 Å². The SMILES string of the molecule is COC(C)(C)CCOC(C)CC(C)(CO)NC1CC1. The Labute approximate surface area is 117 Å². The van der Waals surface area contributed by atoms with Gasteiger partial charge in [0.15, 0.2) is 0 Å². The fourth-order valence-corrected chi connectivity index (χ4v) is 2.19. The molecule has 0 saturated heterocycles. The van der Waals surface area contributed by atoms with Crippen molar-refractivity contribution in [2.45, 2.75) is 76.7 Å². The highest BCUT2D eigenvalue weighted by Gasteiger charge is 2.33. The van der Waals surface area contributed by atoms with Gasteiger partial charge in [0.2, 0.25) is 0 Å². The summed E-state index contributed by atoms with van der Waals surface area (Å²) in [6.07, 6.45) is 4.29. The quantitative estimate of drug-likeness (QED) is 0.640. The smallest absolute Gasteiger partial charge is 0.0644 e. The summed E-state index contributed by atoms with van der Waals surface area (Å²) in [5, 5.41) is 13.1. The van der Waals surface area contributed by atoms with Crippen molar-refractivity contribution in [3.05, 3.63) is 0 Å². The molecule has 0 aromatic rings. The van der Waals surface area contributed by atoms with Gasteiger partial charge in [0.1, 0.15) is 0 Å². The second-order valence-corrected chi connectivity index (χ2v) is 6.74. The van der Waals surface area contributed by atoms with E-state index in [1.54, 1.807) is 7.11 Å². The normalized spacial score (nSPS) is 21.2. The van der Waals surface area contributed by atoms with Crippen LogP contribution in [0.2, 0.25) is 0 Å². The largest absolute Gasteiger partial charge is 0.394 e. The Morgan fingerprint density at radius 2 is 1.95 bits per heavy atom. The molecule has 1 saturated carbocycles. The molecule has 19 heavy (non-hydrogen) atoms. The van der Waals surface area contributed by atoms with E-state index in [9.17, 15) is 5.11 Å². The first-order chi connectivity index (χ1) is 8.80. The lowest BCUT2D eigenvalue weighted by molar-refractivity contribution is -0.0315. The monoisotopic (exact) mass is 273 g/mol. The van der Waals surface area contributed by atoms with E-state index in [0.717, 1.165) is 12.8 Å². The molecule has 2 atom stereocenters. The van der Waals surface area contributed by atoms with Crippen LogP contribution in [0.15, 0.2) is 0 Å². The molecule has 0 aromatic heterocycles. The van der Waals surface area contributed by atoms with Crippen molar-refractivity contribution in [3.63, 3.8) is 0 Å². The number of rotatable bonds is 10. The molecule has 1 rings (SSSR count). The topological polar surface area (TPSA) is 50.7 Å². The zero-order chi connectivity index (χ0) is 14.5. The lowest BCUT2D eigenvalue weighted by atomic mass is 9.95. The Hall–Kier alpha value is -0.160. The maximum absolute atomic E-state index is 9.57. The number of hydrogen-bond acceptors (Lipinski definition) is 4. The summed E-state index contributed by atoms with van der Waals surface area (Å²) in [7, 11) is 1.73. The van der Waals surface area contributed by atoms with Crippen LogP contribution < -0.4 is 5.32 Å². The summed E-state index contributed by atoms with van der Waals surface area (Å²) in [4.78, 5) is 0. The lowest BCUT2D eigenvalue weighted by Gasteiger charge is -2.32. The first-order valence-electron chi connectivity index (χ1n) is 7.35. The lowest BCUT2D eigenvalue weighted by Crippen LogP contribution is -2.49. The van der Waals surface area contributed by atoms with Crippen molar-refractivity contribution in [3.8, 4) is 0 Å². The molecule has 0 aromatic carbocycles. The van der Waals surface area contributed by atoms with E-state index in [4.69, 9.17) is 9.47 Å². The molecule has 1 aliphatic carbocycles. The van der Waals surface area contributed by atoms with E-state index in [-0.39, 0.29) is 23.9 Å². The Balaban J connectivity index is 2.26. The molecule has 4 heteroatoms. The summed E-state index contributed by atoms with van der Waals surface area (Å²) in [5.74, 6) is 0. The van der Waals surface area contributed by atoms with Gasteiger partial charge in [0, 0.05) is 25.3 Å². The second-order valence-electron chi connectivity index (χ2n) is 6.74. The number of methoxy groups -OCH3 is 1. The molecule has 114 valence electrons. The van der Waals surface area contributed by atoms with Crippen molar-refractivity contribution in [1.82, 2.24) is 5.32 Å². The predicted molar refractivity (Wildman–Crippen MR) is 77.4 cm³/mol. The summed E-state index contributed by atoms with van der Waals surface area (Å²) in [6, 6.07) is 0.594. The van der Waals surface area contributed by atoms with Crippen molar-refractivity contribution in [1.29, 1.82) is 0 Å². The minimum atomic E-state index is -0.225. The highest BCUT2D eigenvalue weighted by molar-refractivity contribution is 4.93. The van der Waals surface area contributed by atoms with E-state index < -0.39 is 0 Å². The summed E-state index contributed by atoms with van der Waals surface area (Å²) in [5.41, 5.74) is -0.358. The fraction of sp³-hybridized carbons (Fsp3) is 1.00. The number of aliphatic hydroxyl groups is 1. The molecule has 4 nitrogen and oxygen atoms in total. The van der Waals surface area contributed by atoms with E-state index in [1.165, 1.54) is 12.8 Å². The maximum Gasteiger partial charge on any atom is 0.0644 e. The Morgan fingerprint density at radius 3 is 2.42 bits per heavy atom. The van der Waals surface area contributed by atoms with Crippen LogP contribution >= 0.6 is 0 Å². The standard InChI is InChI=1S/C15H31NO3/c1-12(19-9-8-14(2,3)18-5)10-15(4,11-17)16-13-6-7-13/h12-13,16-17H,6-11H2,1-5H3. The summed E-state index contributed by atoms with van der Waals surface area (Å²) >= 11 is 0. The molecule has 0 spiro atoms. The van der Waals surface area contributed by atoms with Gasteiger partial charge in [-0.2, -0.15) is 0 Å². The molecular formula is C15H31NO3. The zero-order valence-corrected chi connectivity index (χ0v) is 13.2. The van der Waals surface area contributed by atoms with Crippen LogP contribution in [0.1, 0.15) is 53.4 Å². The Kier molecular flexibility index (Phi) is 6.24. The van der Waals surface area contributed by atoms with Crippen LogP contribution in [0.3, 0.4) is 0 Å². The van der Waals surface area contributed by atoms with Gasteiger partial charge in [-0.15, -0.1) is 0 Å². The number of nitrogens with one attached hydrogen (secondary N) is 1. The Morgan fingerprint density at radius 1 is 1.32 bits per heavy atom. The number of hydrogen-bond donors (Lipinski definition) is 2. The van der Waals surface area contributed by atoms with Crippen LogP contribution in [0.25, 0.3) is 0 Å². The molecule has 0 bridgehead atoms. The van der Waals surface area contributed by atoms with Crippen molar-refractivity contribution in [2.24, 2.45) is 0 Å². The van der Waals surface area contributed by atoms with Gasteiger partial charge in [-0.25, -0.2) is 0 Å². The van der Waals surface area contributed by atoms with Gasteiger partial charge >= 0.3 is 0 Å². The number of ether oxygens (including phenoxy) is 2. The molecule has 0 radical (unpaired) electrons. The van der Waals surface area contributed by atoms with Crippen molar-refractivity contribution in [2.75, 3.05) is 20.3 Å². The molecular weight excluding hydrogens is 242 g/mol. The minimum Gasteiger partial charge on any atom is -0.394 e. The van der Waals surface area contributed by atoms with Gasteiger partial charge < -0.3 is 19.9 Å². The van der Waals surface area contributed by atoms with Gasteiger partial charge in [0.25, 0.3) is 0 Å². The van der Waals surface area contributed by atoms with Crippen molar-refractivity contribution < 1.29 is 14.6 Å². The molecule has 1 aliphatic rings. The van der Waals surface area contributed by atoms with Crippen LogP contribution in [0.4, 0.5) is 0 Å². The summed E-state index contributed by atoms with van der Waals surface area (Å²) < 4.78 is 11.2. The molecule has 0 aliphatic heterocycles. The third-order valence-corrected chi connectivity index (χ3v) is 3.88. The first-order valence-corrected chi connectivity index (χ1v) is 7.35. The number of aliphatic hydroxyl groups excluding tert-OH is 1. The van der Waals surface area contributed by atoms with E-state index >= 15 is 0 Å². The second kappa shape index (κ2) is 7.02.